The minimum atomic E-state index is -0.157. The van der Waals surface area contributed by atoms with Crippen LogP contribution in [-0.4, -0.2) is 67.1 Å². The van der Waals surface area contributed by atoms with Gasteiger partial charge >= 0.3 is 5.95 Å². The lowest BCUT2D eigenvalue weighted by Crippen LogP contribution is -2.64. The molecule has 40 heavy (non-hydrogen) atoms. The van der Waals surface area contributed by atoms with E-state index >= 15 is 0 Å². The summed E-state index contributed by atoms with van der Waals surface area (Å²) in [5, 5.41) is 0. The van der Waals surface area contributed by atoms with E-state index in [-0.39, 0.29) is 17.6 Å². The molecule has 2 aliphatic rings. The molecule has 2 atom stereocenters. The number of halogens is 1. The van der Waals surface area contributed by atoms with Gasteiger partial charge in [-0.25, -0.2) is 8.87 Å². The first-order valence-corrected chi connectivity index (χ1v) is 14.1. The van der Waals surface area contributed by atoms with Gasteiger partial charge in [-0.1, -0.05) is 25.1 Å². The molecule has 6 nitrogen and oxygen atoms in total. The van der Waals surface area contributed by atoms with Crippen molar-refractivity contribution in [2.75, 3.05) is 46.8 Å². The topological polar surface area (TPSA) is 37.1 Å². The molecule has 0 radical (unpaired) electrons. The predicted octanol–water partition coefficient (Wildman–Crippen LogP) is 4.62. The van der Waals surface area contributed by atoms with Gasteiger partial charge in [-0.15, -0.1) is 0 Å². The number of aryl methyl sites for hydroxylation is 3. The summed E-state index contributed by atoms with van der Waals surface area (Å²) in [6, 6.07) is 16.1. The standard InChI is InChI=1S/C33H41FN5O/c1-24-21-30(27-11-8-7-9-12-27)39(6,22-29(24)28-19-25(2)32(34)26(3)20-28)23-31(40)37-15-17-38(5,18-16-37)33-35-13-10-14-36(33)4/h7-14,19-22,24H,15-18,23H2,1-6H3/q+3. The number of aromatic nitrogens is 2. The van der Waals surface area contributed by atoms with Crippen LogP contribution < -0.4 is 9.05 Å². The summed E-state index contributed by atoms with van der Waals surface area (Å²) in [7, 11) is 6.34. The molecule has 7 heteroatoms. The number of hydrogen-bond donors (Lipinski definition) is 0. The van der Waals surface area contributed by atoms with Gasteiger partial charge in [0.15, 0.2) is 6.54 Å². The Balaban J connectivity index is 1.44. The molecule has 0 N–H and O–H groups in total. The number of benzene rings is 2. The number of likely N-dealkylation sites (N-methyl/N-ethyl adjacent to an activating group) is 2. The number of carbonyl (C=O) groups excluding carboxylic acids is 1. The van der Waals surface area contributed by atoms with Crippen LogP contribution in [0.4, 0.5) is 10.3 Å². The zero-order valence-electron chi connectivity index (χ0n) is 24.6. The van der Waals surface area contributed by atoms with Crippen LogP contribution in [-0.2, 0) is 11.8 Å². The van der Waals surface area contributed by atoms with Gasteiger partial charge in [0.25, 0.3) is 5.91 Å². The zero-order valence-corrected chi connectivity index (χ0v) is 24.6. The summed E-state index contributed by atoms with van der Waals surface area (Å²) in [4.78, 5) is 20.6. The molecule has 3 aromatic rings. The number of hydrogen-bond acceptors (Lipinski definition) is 2. The number of amides is 1. The van der Waals surface area contributed by atoms with Gasteiger partial charge < -0.3 is 4.90 Å². The van der Waals surface area contributed by atoms with Crippen LogP contribution >= 0.6 is 0 Å². The van der Waals surface area contributed by atoms with Crippen LogP contribution in [0.15, 0.2) is 73.2 Å². The van der Waals surface area contributed by atoms with Gasteiger partial charge in [-0.05, 0) is 60.9 Å². The van der Waals surface area contributed by atoms with E-state index in [0.29, 0.717) is 39.7 Å². The van der Waals surface area contributed by atoms with Crippen molar-refractivity contribution in [3.8, 4) is 0 Å². The molecule has 1 saturated heterocycles. The average molecular weight is 543 g/mol. The zero-order chi connectivity index (χ0) is 28.7. The average Bonchev–Trinajstić information content (AvgIpc) is 2.93. The Morgan fingerprint density at radius 2 is 1.70 bits per heavy atom. The van der Waals surface area contributed by atoms with E-state index in [4.69, 9.17) is 0 Å². The normalized spacial score (nSPS) is 22.5. The molecule has 2 aliphatic heterocycles. The molecular formula is C33H41FN5O+3. The maximum Gasteiger partial charge on any atom is 0.496 e. The second-order valence-electron chi connectivity index (χ2n) is 11.9. The summed E-state index contributed by atoms with van der Waals surface area (Å²) in [6.07, 6.45) is 8.35. The van der Waals surface area contributed by atoms with Gasteiger partial charge in [0.05, 0.1) is 40.4 Å². The van der Waals surface area contributed by atoms with Gasteiger partial charge in [-0.2, -0.15) is 4.57 Å². The first-order chi connectivity index (χ1) is 19.0. The number of quaternary nitrogens is 2. The molecule has 1 fully saturated rings. The van der Waals surface area contributed by atoms with Crippen LogP contribution in [0.5, 0.6) is 0 Å². The highest BCUT2D eigenvalue weighted by Crippen LogP contribution is 2.40. The van der Waals surface area contributed by atoms with Gasteiger partial charge in [0, 0.05) is 28.1 Å². The van der Waals surface area contributed by atoms with Crippen LogP contribution in [0, 0.1) is 25.6 Å². The Hall–Kier alpha value is -3.68. The minimum absolute atomic E-state index is 0.118. The molecule has 2 unspecified atom stereocenters. The summed E-state index contributed by atoms with van der Waals surface area (Å²) in [5.41, 5.74) is 5.63. The third-order valence-corrected chi connectivity index (χ3v) is 8.64. The van der Waals surface area contributed by atoms with Crippen molar-refractivity contribution in [2.24, 2.45) is 13.0 Å². The van der Waals surface area contributed by atoms with Gasteiger partial charge in [0.2, 0.25) is 0 Å². The van der Waals surface area contributed by atoms with Crippen molar-refractivity contribution in [3.05, 3.63) is 101 Å². The lowest BCUT2D eigenvalue weighted by atomic mass is 9.87. The second-order valence-corrected chi connectivity index (χ2v) is 11.9. The second kappa shape index (κ2) is 10.7. The third kappa shape index (κ3) is 5.23. The van der Waals surface area contributed by atoms with E-state index in [1.807, 2.05) is 74.6 Å². The van der Waals surface area contributed by atoms with E-state index in [1.165, 1.54) is 0 Å². The molecule has 0 spiro atoms. The van der Waals surface area contributed by atoms with Gasteiger partial charge in [0.1, 0.15) is 37.0 Å². The molecule has 2 aromatic carbocycles. The summed E-state index contributed by atoms with van der Waals surface area (Å²) in [6.45, 7) is 9.11. The molecule has 5 rings (SSSR count). The highest BCUT2D eigenvalue weighted by atomic mass is 19.1. The van der Waals surface area contributed by atoms with Crippen LogP contribution in [0.2, 0.25) is 0 Å². The molecule has 1 amide bonds. The number of nitrogens with zero attached hydrogens (tertiary/aromatic N) is 5. The van der Waals surface area contributed by atoms with Crippen molar-refractivity contribution in [1.82, 2.24) is 14.4 Å². The molecule has 0 bridgehead atoms. The number of rotatable bonds is 5. The molecule has 3 heterocycles. The molecule has 0 aliphatic carbocycles. The molecule has 1 aromatic heterocycles. The number of carbonyl (C=O) groups is 1. The monoisotopic (exact) mass is 542 g/mol. The quantitative estimate of drug-likeness (QED) is 0.349. The lowest BCUT2D eigenvalue weighted by Gasteiger charge is -2.41. The third-order valence-electron chi connectivity index (χ3n) is 8.64. The Morgan fingerprint density at radius 3 is 2.33 bits per heavy atom. The summed E-state index contributed by atoms with van der Waals surface area (Å²) < 4.78 is 17.6. The highest BCUT2D eigenvalue weighted by Gasteiger charge is 2.43. The van der Waals surface area contributed by atoms with Crippen molar-refractivity contribution < 1.29 is 18.2 Å². The Labute approximate surface area is 237 Å². The van der Waals surface area contributed by atoms with Crippen molar-refractivity contribution in [2.45, 2.75) is 20.8 Å². The minimum Gasteiger partial charge on any atom is -0.326 e. The fraction of sp³-hybridized carbons (Fsp3) is 0.364. The molecule has 208 valence electrons. The maximum absolute atomic E-state index is 14.5. The van der Waals surface area contributed by atoms with E-state index in [0.717, 1.165) is 41.4 Å². The van der Waals surface area contributed by atoms with E-state index in [1.54, 1.807) is 0 Å². The fourth-order valence-corrected chi connectivity index (χ4v) is 6.26. The van der Waals surface area contributed by atoms with E-state index in [2.05, 4.69) is 55.0 Å². The van der Waals surface area contributed by atoms with E-state index < -0.39 is 0 Å². The highest BCUT2D eigenvalue weighted by molar-refractivity contribution is 5.81. The lowest BCUT2D eigenvalue weighted by molar-refractivity contribution is -0.777. The fourth-order valence-electron chi connectivity index (χ4n) is 6.26. The molecular weight excluding hydrogens is 501 g/mol. The smallest absolute Gasteiger partial charge is 0.326 e. The van der Waals surface area contributed by atoms with E-state index in [9.17, 15) is 9.18 Å². The summed E-state index contributed by atoms with van der Waals surface area (Å²) in [5.74, 6) is 1.10. The Kier molecular flexibility index (Phi) is 7.46. The first kappa shape index (κ1) is 27.9. The first-order valence-electron chi connectivity index (χ1n) is 14.1. The maximum atomic E-state index is 14.5. The Morgan fingerprint density at radius 1 is 1.05 bits per heavy atom. The largest absolute Gasteiger partial charge is 0.496 e. The summed E-state index contributed by atoms with van der Waals surface area (Å²) >= 11 is 0. The van der Waals surface area contributed by atoms with Crippen LogP contribution in [0.3, 0.4) is 0 Å². The van der Waals surface area contributed by atoms with Gasteiger partial charge in [-0.3, -0.25) is 9.28 Å². The van der Waals surface area contributed by atoms with Crippen LogP contribution in [0.25, 0.3) is 11.3 Å². The van der Waals surface area contributed by atoms with Crippen LogP contribution in [0.1, 0.15) is 29.2 Å². The number of allylic oxidation sites excluding steroid dienone is 2. The molecule has 0 saturated carbocycles. The predicted molar refractivity (Wildman–Crippen MR) is 158 cm³/mol. The van der Waals surface area contributed by atoms with Crippen molar-refractivity contribution in [1.29, 1.82) is 0 Å². The van der Waals surface area contributed by atoms with Crippen molar-refractivity contribution >= 4 is 23.1 Å². The number of piperazine rings is 1. The van der Waals surface area contributed by atoms with Crippen molar-refractivity contribution in [3.63, 3.8) is 0 Å². The Bertz CT molecular complexity index is 1470. The SMILES string of the molecule is Cc1cc(C2=C[N+](C)(CC(=O)N3CC[N+](C)(c4nccc[n+]4C)CC3)C(c3ccccc3)=CC2C)cc(C)c1F.